The van der Waals surface area contributed by atoms with Gasteiger partial charge in [-0.1, -0.05) is 0 Å². The highest BCUT2D eigenvalue weighted by Gasteiger charge is 2.26. The smallest absolute Gasteiger partial charge is 0.258 e. The van der Waals surface area contributed by atoms with Crippen molar-refractivity contribution < 1.29 is 4.92 Å². The molecule has 2 aromatic rings. The summed E-state index contributed by atoms with van der Waals surface area (Å²) in [5.41, 5.74) is 1.48. The van der Waals surface area contributed by atoms with Gasteiger partial charge in [0.2, 0.25) is 0 Å². The largest absolute Gasteiger partial charge is 0.289 e. The van der Waals surface area contributed by atoms with Crippen LogP contribution in [0, 0.1) is 21.4 Å². The normalized spacial score (nSPS) is 14.1. The van der Waals surface area contributed by atoms with E-state index in [1.54, 1.807) is 16.9 Å². The number of hydrogen-bond donors (Lipinski definition) is 0. The van der Waals surface area contributed by atoms with Crippen LogP contribution in [-0.4, -0.2) is 14.7 Å². The Morgan fingerprint density at radius 3 is 2.84 bits per heavy atom. The molecule has 1 aromatic carbocycles. The van der Waals surface area contributed by atoms with E-state index in [1.165, 1.54) is 12.1 Å². The van der Waals surface area contributed by atoms with Gasteiger partial charge in [0.25, 0.3) is 5.69 Å². The molecular weight excluding hydrogens is 244 g/mol. The van der Waals surface area contributed by atoms with Gasteiger partial charge in [-0.15, -0.1) is 0 Å². The van der Waals surface area contributed by atoms with Crippen LogP contribution in [0.3, 0.4) is 0 Å². The number of nitrogens with zero attached hydrogens (tertiary/aromatic N) is 4. The zero-order valence-electron chi connectivity index (χ0n) is 9.98. The van der Waals surface area contributed by atoms with E-state index >= 15 is 0 Å². The van der Waals surface area contributed by atoms with Crippen LogP contribution in [-0.2, 0) is 0 Å². The summed E-state index contributed by atoms with van der Waals surface area (Å²) in [5.74, 6) is 0.537. The molecule has 6 heteroatoms. The maximum atomic E-state index is 10.9. The van der Waals surface area contributed by atoms with Crippen LogP contribution in [0.4, 0.5) is 5.69 Å². The zero-order chi connectivity index (χ0) is 13.4. The maximum absolute atomic E-state index is 10.9. The molecule has 0 unspecified atom stereocenters. The van der Waals surface area contributed by atoms with Crippen molar-refractivity contribution >= 4 is 5.69 Å². The topological polar surface area (TPSA) is 84.8 Å². The highest BCUT2D eigenvalue weighted by atomic mass is 16.6. The second kappa shape index (κ2) is 4.21. The molecule has 0 saturated heterocycles. The van der Waals surface area contributed by atoms with Gasteiger partial charge in [0.05, 0.1) is 16.3 Å². The first-order valence-corrected chi connectivity index (χ1v) is 5.93. The number of nitro benzene ring substituents is 1. The number of aromatic nitrogens is 2. The Labute approximate surface area is 109 Å². The molecule has 1 heterocycles. The van der Waals surface area contributed by atoms with Crippen molar-refractivity contribution in [2.24, 2.45) is 0 Å². The fourth-order valence-corrected chi connectivity index (χ4v) is 1.99. The first kappa shape index (κ1) is 11.4. The van der Waals surface area contributed by atoms with E-state index < -0.39 is 4.92 Å². The molecule has 1 saturated carbocycles. The molecular formula is C13H10N4O2. The summed E-state index contributed by atoms with van der Waals surface area (Å²) in [4.78, 5) is 10.4. The van der Waals surface area contributed by atoms with Gasteiger partial charge < -0.3 is 0 Å². The molecule has 3 rings (SSSR count). The zero-order valence-corrected chi connectivity index (χ0v) is 9.98. The molecule has 1 aliphatic rings. The third-order valence-electron chi connectivity index (χ3n) is 3.17. The van der Waals surface area contributed by atoms with Crippen LogP contribution in [0.25, 0.3) is 5.69 Å². The van der Waals surface area contributed by atoms with Gasteiger partial charge in [-0.3, -0.25) is 10.1 Å². The van der Waals surface area contributed by atoms with Crippen molar-refractivity contribution in [2.75, 3.05) is 0 Å². The van der Waals surface area contributed by atoms with Crippen molar-refractivity contribution in [3.05, 3.63) is 51.8 Å². The van der Waals surface area contributed by atoms with E-state index in [1.807, 2.05) is 12.1 Å². The Bertz CT molecular complexity index is 695. The number of hydrogen-bond acceptors (Lipinski definition) is 4. The summed E-state index contributed by atoms with van der Waals surface area (Å²) in [6.45, 7) is 0. The lowest BCUT2D eigenvalue weighted by molar-refractivity contribution is -0.385. The molecule has 1 aliphatic carbocycles. The fraction of sp³-hybridized carbons (Fsp3) is 0.231. The van der Waals surface area contributed by atoms with Gasteiger partial charge in [0.1, 0.15) is 11.6 Å². The number of nitro groups is 1. The molecule has 0 aliphatic heterocycles. The summed E-state index contributed by atoms with van der Waals surface area (Å²) in [6.07, 6.45) is 4.10. The van der Waals surface area contributed by atoms with E-state index in [2.05, 4.69) is 5.10 Å². The quantitative estimate of drug-likeness (QED) is 0.622. The van der Waals surface area contributed by atoms with Gasteiger partial charge in [0, 0.05) is 18.2 Å². The lowest BCUT2D eigenvalue weighted by Crippen LogP contribution is -1.99. The molecule has 1 fully saturated rings. The highest BCUT2D eigenvalue weighted by molar-refractivity contribution is 5.54. The second-order valence-corrected chi connectivity index (χ2v) is 4.53. The van der Waals surface area contributed by atoms with E-state index in [9.17, 15) is 10.1 Å². The molecule has 0 radical (unpaired) electrons. The first-order valence-electron chi connectivity index (χ1n) is 5.93. The third kappa shape index (κ3) is 2.06. The lowest BCUT2D eigenvalue weighted by atomic mass is 10.2. The second-order valence-electron chi connectivity index (χ2n) is 4.53. The molecule has 19 heavy (non-hydrogen) atoms. The monoisotopic (exact) mass is 254 g/mol. The van der Waals surface area contributed by atoms with Crippen molar-refractivity contribution in [1.82, 2.24) is 9.78 Å². The minimum Gasteiger partial charge on any atom is -0.258 e. The van der Waals surface area contributed by atoms with Crippen LogP contribution in [0.15, 0.2) is 30.5 Å². The summed E-state index contributed by atoms with van der Waals surface area (Å²) in [7, 11) is 0. The molecule has 1 aromatic heterocycles. The predicted octanol–water partition coefficient (Wildman–Crippen LogP) is 2.53. The molecule has 94 valence electrons. The Balaban J connectivity index is 2.02. The van der Waals surface area contributed by atoms with Crippen molar-refractivity contribution in [2.45, 2.75) is 18.8 Å². The average Bonchev–Trinajstić information content (AvgIpc) is 3.16. The predicted molar refractivity (Wildman–Crippen MR) is 66.9 cm³/mol. The molecule has 0 amide bonds. The fourth-order valence-electron chi connectivity index (χ4n) is 1.99. The summed E-state index contributed by atoms with van der Waals surface area (Å²) in [6, 6.07) is 8.24. The maximum Gasteiger partial charge on any atom is 0.289 e. The molecule has 0 spiro atoms. The van der Waals surface area contributed by atoms with Crippen LogP contribution < -0.4 is 0 Å². The minimum absolute atomic E-state index is 0.0586. The summed E-state index contributed by atoms with van der Waals surface area (Å²) < 4.78 is 1.61. The van der Waals surface area contributed by atoms with Gasteiger partial charge in [0.15, 0.2) is 0 Å². The molecule has 6 nitrogen and oxygen atoms in total. The average molecular weight is 254 g/mol. The highest BCUT2D eigenvalue weighted by Crippen LogP contribution is 2.39. The SMILES string of the molecule is N#Cc1ccc(-n2ccc(C3CC3)n2)cc1[N+](=O)[O-]. The lowest BCUT2D eigenvalue weighted by Gasteiger charge is -2.02. The van der Waals surface area contributed by atoms with E-state index in [0.717, 1.165) is 18.5 Å². The molecule has 0 atom stereocenters. The standard InChI is InChI=1S/C13H10N4O2/c14-8-10-3-4-11(7-13(10)17(18)19)16-6-5-12(15-16)9-1-2-9/h3-7,9H,1-2H2. The van der Waals surface area contributed by atoms with Gasteiger partial charge in [-0.2, -0.15) is 10.4 Å². The van der Waals surface area contributed by atoms with Gasteiger partial charge in [-0.25, -0.2) is 4.68 Å². The van der Waals surface area contributed by atoms with Crippen molar-refractivity contribution in [3.63, 3.8) is 0 Å². The Kier molecular flexibility index (Phi) is 2.53. The number of benzene rings is 1. The molecule has 0 N–H and O–H groups in total. The van der Waals surface area contributed by atoms with Crippen LogP contribution in [0.1, 0.15) is 30.0 Å². The Hall–Kier alpha value is -2.68. The van der Waals surface area contributed by atoms with Crippen LogP contribution >= 0.6 is 0 Å². The van der Waals surface area contributed by atoms with E-state index in [-0.39, 0.29) is 11.3 Å². The molecule has 0 bridgehead atoms. The van der Waals surface area contributed by atoms with Gasteiger partial charge in [-0.05, 0) is 31.0 Å². The van der Waals surface area contributed by atoms with E-state index in [4.69, 9.17) is 5.26 Å². The van der Waals surface area contributed by atoms with Crippen molar-refractivity contribution in [3.8, 4) is 11.8 Å². The minimum atomic E-state index is -0.548. The van der Waals surface area contributed by atoms with Crippen LogP contribution in [0.5, 0.6) is 0 Å². The number of nitriles is 1. The summed E-state index contributed by atoms with van der Waals surface area (Å²) >= 11 is 0. The van der Waals surface area contributed by atoms with E-state index in [0.29, 0.717) is 11.6 Å². The van der Waals surface area contributed by atoms with Gasteiger partial charge >= 0.3 is 0 Å². The number of rotatable bonds is 3. The van der Waals surface area contributed by atoms with Crippen LogP contribution in [0.2, 0.25) is 0 Å². The summed E-state index contributed by atoms with van der Waals surface area (Å²) in [5, 5.41) is 24.2. The Morgan fingerprint density at radius 1 is 1.42 bits per heavy atom. The third-order valence-corrected chi connectivity index (χ3v) is 3.17. The first-order chi connectivity index (χ1) is 9.19. The Morgan fingerprint density at radius 2 is 2.21 bits per heavy atom. The van der Waals surface area contributed by atoms with Crippen molar-refractivity contribution in [1.29, 1.82) is 5.26 Å².